The van der Waals surface area contributed by atoms with Crippen LogP contribution in [0.2, 0.25) is 0 Å². The summed E-state index contributed by atoms with van der Waals surface area (Å²) in [5.41, 5.74) is 0.948. The Bertz CT molecular complexity index is 769. The van der Waals surface area contributed by atoms with E-state index in [-0.39, 0.29) is 12.1 Å². The molecule has 1 aliphatic rings. The Labute approximate surface area is 156 Å². The molecule has 0 aliphatic carbocycles. The van der Waals surface area contributed by atoms with E-state index in [0.29, 0.717) is 20.3 Å². The summed E-state index contributed by atoms with van der Waals surface area (Å²) in [5.74, 6) is 0. The Kier molecular flexibility index (Phi) is 5.42. The summed E-state index contributed by atoms with van der Waals surface area (Å²) >= 11 is 1.88. The number of nitrogens with one attached hydrogen (secondary N) is 3. The smallest absolute Gasteiger partial charge is 0.335 e. The van der Waals surface area contributed by atoms with Crippen molar-refractivity contribution in [1.82, 2.24) is 15.2 Å². The van der Waals surface area contributed by atoms with E-state index in [1.165, 1.54) is 4.57 Å². The Balaban J connectivity index is 1.80. The molecule has 2 amide bonds. The highest BCUT2D eigenvalue weighted by molar-refractivity contribution is 14.1. The van der Waals surface area contributed by atoms with E-state index in [4.69, 9.17) is 0 Å². The van der Waals surface area contributed by atoms with Crippen LogP contribution in [-0.4, -0.2) is 35.9 Å². The molecule has 0 saturated carbocycles. The third kappa shape index (κ3) is 4.57. The van der Waals surface area contributed by atoms with Crippen molar-refractivity contribution in [2.75, 3.05) is 18.4 Å². The molecule has 2 aromatic rings. The highest BCUT2D eigenvalue weighted by Gasteiger charge is 2.29. The van der Waals surface area contributed by atoms with Gasteiger partial charge in [0.15, 0.2) is 0 Å². The van der Waals surface area contributed by atoms with Crippen LogP contribution in [0.1, 0.15) is 12.8 Å². The fourth-order valence-electron chi connectivity index (χ4n) is 3.01. The van der Waals surface area contributed by atoms with Gasteiger partial charge in [-0.05, 0) is 66.7 Å². The van der Waals surface area contributed by atoms with Gasteiger partial charge < -0.3 is 20.5 Å². The molecule has 136 valence electrons. The zero-order valence-corrected chi connectivity index (χ0v) is 15.4. The molecule has 9 heteroatoms. The lowest BCUT2D eigenvalue weighted by Gasteiger charge is -2.23. The SMILES string of the molecule is O=C(Nc1cccc2c1cc(I)n2CC(F)(F)F)NC1CCNCC1. The number of alkyl halides is 3. The van der Waals surface area contributed by atoms with Crippen molar-refractivity contribution < 1.29 is 18.0 Å². The maximum atomic E-state index is 12.8. The quantitative estimate of drug-likeness (QED) is 0.605. The van der Waals surface area contributed by atoms with Gasteiger partial charge in [-0.2, -0.15) is 13.2 Å². The molecule has 0 atom stereocenters. The monoisotopic (exact) mass is 466 g/mol. The zero-order chi connectivity index (χ0) is 18.0. The molecule has 25 heavy (non-hydrogen) atoms. The number of carbonyl (C=O) groups excluding carboxylic acids is 1. The summed E-state index contributed by atoms with van der Waals surface area (Å²) in [6, 6.07) is 6.39. The normalized spacial score (nSPS) is 16.2. The van der Waals surface area contributed by atoms with Gasteiger partial charge in [-0.25, -0.2) is 4.79 Å². The van der Waals surface area contributed by atoms with Gasteiger partial charge >= 0.3 is 12.2 Å². The van der Waals surface area contributed by atoms with Crippen molar-refractivity contribution in [3.63, 3.8) is 0 Å². The lowest BCUT2D eigenvalue weighted by Crippen LogP contribution is -2.44. The van der Waals surface area contributed by atoms with Gasteiger partial charge in [-0.1, -0.05) is 6.07 Å². The molecule has 1 aromatic carbocycles. The molecule has 1 aliphatic heterocycles. The minimum Gasteiger partial charge on any atom is -0.335 e. The second-order valence-corrected chi connectivity index (χ2v) is 7.13. The largest absolute Gasteiger partial charge is 0.406 e. The minimum atomic E-state index is -4.30. The van der Waals surface area contributed by atoms with E-state index in [1.54, 1.807) is 24.3 Å². The highest BCUT2D eigenvalue weighted by atomic mass is 127. The average Bonchev–Trinajstić information content (AvgIpc) is 2.84. The van der Waals surface area contributed by atoms with Crippen LogP contribution in [0.15, 0.2) is 24.3 Å². The van der Waals surface area contributed by atoms with Gasteiger partial charge in [0.2, 0.25) is 0 Å². The summed E-state index contributed by atoms with van der Waals surface area (Å²) in [6.07, 6.45) is -2.59. The number of carbonyl (C=O) groups is 1. The van der Waals surface area contributed by atoms with Crippen LogP contribution in [0.3, 0.4) is 0 Å². The van der Waals surface area contributed by atoms with Gasteiger partial charge in [-0.15, -0.1) is 0 Å². The van der Waals surface area contributed by atoms with Crippen LogP contribution in [0.25, 0.3) is 10.9 Å². The van der Waals surface area contributed by atoms with Crippen molar-refractivity contribution in [2.45, 2.75) is 31.6 Å². The number of hydrogen-bond donors (Lipinski definition) is 3. The molecule has 2 heterocycles. The van der Waals surface area contributed by atoms with E-state index in [0.717, 1.165) is 25.9 Å². The van der Waals surface area contributed by atoms with Crippen LogP contribution in [0.4, 0.5) is 23.7 Å². The van der Waals surface area contributed by atoms with Gasteiger partial charge in [0.1, 0.15) is 6.54 Å². The Morgan fingerprint density at radius 1 is 1.32 bits per heavy atom. The lowest BCUT2D eigenvalue weighted by atomic mass is 10.1. The van der Waals surface area contributed by atoms with E-state index >= 15 is 0 Å². The van der Waals surface area contributed by atoms with Crippen molar-refractivity contribution in [2.24, 2.45) is 0 Å². The average molecular weight is 466 g/mol. The maximum Gasteiger partial charge on any atom is 0.406 e. The first-order valence-electron chi connectivity index (χ1n) is 7.96. The number of piperidine rings is 1. The number of urea groups is 1. The number of nitrogens with zero attached hydrogens (tertiary/aromatic N) is 1. The molecule has 3 rings (SSSR count). The first-order chi connectivity index (χ1) is 11.8. The molecule has 1 aromatic heterocycles. The second kappa shape index (κ2) is 7.40. The van der Waals surface area contributed by atoms with Crippen LogP contribution < -0.4 is 16.0 Å². The predicted molar refractivity (Wildman–Crippen MR) is 98.8 cm³/mol. The number of aromatic nitrogens is 1. The van der Waals surface area contributed by atoms with Crippen molar-refractivity contribution >= 4 is 45.2 Å². The summed E-state index contributed by atoms with van der Waals surface area (Å²) in [4.78, 5) is 12.2. The van der Waals surface area contributed by atoms with Crippen LogP contribution in [0.5, 0.6) is 0 Å². The first kappa shape index (κ1) is 18.3. The number of fused-ring (bicyclic) bond motifs is 1. The van der Waals surface area contributed by atoms with Crippen molar-refractivity contribution in [3.05, 3.63) is 28.0 Å². The zero-order valence-electron chi connectivity index (χ0n) is 13.3. The Morgan fingerprint density at radius 2 is 2.04 bits per heavy atom. The molecule has 3 N–H and O–H groups in total. The standard InChI is InChI=1S/C16H18F3IN4O/c17-16(18,19)9-24-13-3-1-2-12(11(13)8-14(24)20)23-15(25)22-10-4-6-21-7-5-10/h1-3,8,10,21H,4-7,9H2,(H2,22,23,25). The molecule has 0 radical (unpaired) electrons. The number of hydrogen-bond acceptors (Lipinski definition) is 2. The third-order valence-corrected chi connectivity index (χ3v) is 5.05. The summed E-state index contributed by atoms with van der Waals surface area (Å²) in [7, 11) is 0. The predicted octanol–water partition coefficient (Wildman–Crippen LogP) is 3.68. The summed E-state index contributed by atoms with van der Waals surface area (Å²) in [5, 5.41) is 9.50. The maximum absolute atomic E-state index is 12.8. The van der Waals surface area contributed by atoms with Gasteiger partial charge in [0.05, 0.1) is 14.9 Å². The van der Waals surface area contributed by atoms with E-state index < -0.39 is 12.7 Å². The molecule has 0 spiro atoms. The van der Waals surface area contributed by atoms with Crippen LogP contribution in [-0.2, 0) is 6.54 Å². The minimum absolute atomic E-state index is 0.107. The lowest BCUT2D eigenvalue weighted by molar-refractivity contribution is -0.140. The number of anilines is 1. The fourth-order valence-corrected chi connectivity index (χ4v) is 3.75. The molecular formula is C16H18F3IN4O. The topological polar surface area (TPSA) is 58.1 Å². The first-order valence-corrected chi connectivity index (χ1v) is 9.04. The van der Waals surface area contributed by atoms with E-state index in [9.17, 15) is 18.0 Å². The number of rotatable bonds is 3. The number of halogens is 4. The van der Waals surface area contributed by atoms with Gasteiger partial charge in [0, 0.05) is 11.4 Å². The Hall–Kier alpha value is -1.49. The number of benzene rings is 1. The third-order valence-electron chi connectivity index (χ3n) is 4.16. The highest BCUT2D eigenvalue weighted by Crippen LogP contribution is 2.30. The van der Waals surface area contributed by atoms with E-state index in [2.05, 4.69) is 16.0 Å². The molecule has 1 fully saturated rings. The van der Waals surface area contributed by atoms with Crippen LogP contribution >= 0.6 is 22.6 Å². The molecule has 0 unspecified atom stereocenters. The molecular weight excluding hydrogens is 448 g/mol. The van der Waals surface area contributed by atoms with Gasteiger partial charge in [0.25, 0.3) is 0 Å². The van der Waals surface area contributed by atoms with E-state index in [1.807, 2.05) is 22.6 Å². The summed E-state index contributed by atoms with van der Waals surface area (Å²) in [6.45, 7) is 0.664. The van der Waals surface area contributed by atoms with Crippen molar-refractivity contribution in [3.8, 4) is 0 Å². The molecule has 0 bridgehead atoms. The Morgan fingerprint density at radius 3 is 2.72 bits per heavy atom. The number of amides is 2. The summed E-state index contributed by atoms with van der Waals surface area (Å²) < 4.78 is 40.0. The fraction of sp³-hybridized carbons (Fsp3) is 0.438. The van der Waals surface area contributed by atoms with Crippen LogP contribution in [0, 0.1) is 3.70 Å². The van der Waals surface area contributed by atoms with Crippen molar-refractivity contribution in [1.29, 1.82) is 0 Å². The second-order valence-electron chi connectivity index (χ2n) is 6.03. The molecule has 1 saturated heterocycles. The van der Waals surface area contributed by atoms with Gasteiger partial charge in [-0.3, -0.25) is 0 Å². The molecule has 5 nitrogen and oxygen atoms in total.